The third-order valence-electron chi connectivity index (χ3n) is 2.82. The number of nitrogens with one attached hydrogen (secondary N) is 1. The van der Waals surface area contributed by atoms with Crippen molar-refractivity contribution in [1.29, 1.82) is 0 Å². The van der Waals surface area contributed by atoms with E-state index in [-0.39, 0.29) is 18.6 Å². The number of nitrogens with zero attached hydrogens (tertiary/aromatic N) is 1. The normalized spacial score (nSPS) is 27.3. The van der Waals surface area contributed by atoms with Crippen LogP contribution in [0.2, 0.25) is 0 Å². The standard InChI is InChI=1S/C10H12N2O6/c13-3-5-2-12(10(17)11-9(5)16)8-1-6(15)7(4-14)18-8/h2-3,6-8,14-15H,1,4H2,(H,11,16,17)/t6?,7-,8-/m0/s1. The summed E-state index contributed by atoms with van der Waals surface area (Å²) in [7, 11) is 0. The number of H-pyrrole nitrogens is 1. The molecule has 0 aromatic carbocycles. The number of aliphatic hydroxyl groups is 2. The van der Waals surface area contributed by atoms with Crippen LogP contribution in [0.15, 0.2) is 15.8 Å². The molecule has 1 aromatic rings. The van der Waals surface area contributed by atoms with Gasteiger partial charge in [-0.05, 0) is 0 Å². The third kappa shape index (κ3) is 2.13. The van der Waals surface area contributed by atoms with E-state index >= 15 is 0 Å². The van der Waals surface area contributed by atoms with Crippen LogP contribution < -0.4 is 11.2 Å². The van der Waals surface area contributed by atoms with Gasteiger partial charge in [-0.15, -0.1) is 0 Å². The predicted molar refractivity (Wildman–Crippen MR) is 58.3 cm³/mol. The van der Waals surface area contributed by atoms with Gasteiger partial charge in [0.1, 0.15) is 12.3 Å². The summed E-state index contributed by atoms with van der Waals surface area (Å²) in [6, 6.07) is 0. The molecular weight excluding hydrogens is 244 g/mol. The number of aliphatic hydroxyl groups excluding tert-OH is 2. The lowest BCUT2D eigenvalue weighted by atomic mass is 10.2. The Morgan fingerprint density at radius 2 is 2.28 bits per heavy atom. The molecule has 1 aliphatic heterocycles. The van der Waals surface area contributed by atoms with Crippen molar-refractivity contribution in [3.05, 3.63) is 32.6 Å². The Bertz CT molecular complexity index is 562. The number of ether oxygens (including phenoxy) is 1. The summed E-state index contributed by atoms with van der Waals surface area (Å²) in [5.74, 6) is 0. The van der Waals surface area contributed by atoms with E-state index in [9.17, 15) is 19.5 Å². The number of hydrogen-bond donors (Lipinski definition) is 3. The predicted octanol–water partition coefficient (Wildman–Crippen LogP) is -2.01. The molecule has 18 heavy (non-hydrogen) atoms. The first kappa shape index (κ1) is 12.7. The zero-order chi connectivity index (χ0) is 13.3. The lowest BCUT2D eigenvalue weighted by molar-refractivity contribution is -0.0459. The average molecular weight is 256 g/mol. The van der Waals surface area contributed by atoms with Crippen LogP contribution >= 0.6 is 0 Å². The summed E-state index contributed by atoms with van der Waals surface area (Å²) in [5, 5.41) is 18.5. The maximum atomic E-state index is 11.6. The van der Waals surface area contributed by atoms with Crippen molar-refractivity contribution < 1.29 is 19.7 Å². The Morgan fingerprint density at radius 3 is 2.83 bits per heavy atom. The highest BCUT2D eigenvalue weighted by Gasteiger charge is 2.35. The van der Waals surface area contributed by atoms with Crippen molar-refractivity contribution in [2.75, 3.05) is 6.61 Å². The Balaban J connectivity index is 2.38. The molecular formula is C10H12N2O6. The van der Waals surface area contributed by atoms with Gasteiger partial charge in [0, 0.05) is 12.6 Å². The zero-order valence-corrected chi connectivity index (χ0v) is 9.28. The van der Waals surface area contributed by atoms with Gasteiger partial charge in [0.25, 0.3) is 5.56 Å². The molecule has 0 bridgehead atoms. The van der Waals surface area contributed by atoms with Gasteiger partial charge in [-0.1, -0.05) is 0 Å². The Kier molecular flexibility index (Phi) is 3.41. The second-order valence-corrected chi connectivity index (χ2v) is 3.98. The van der Waals surface area contributed by atoms with Gasteiger partial charge in [-0.25, -0.2) is 4.79 Å². The fraction of sp³-hybridized carbons (Fsp3) is 0.500. The maximum Gasteiger partial charge on any atom is 0.330 e. The first-order valence-electron chi connectivity index (χ1n) is 5.32. The second kappa shape index (κ2) is 4.84. The van der Waals surface area contributed by atoms with Crippen LogP contribution in [0.4, 0.5) is 0 Å². The highest BCUT2D eigenvalue weighted by molar-refractivity contribution is 5.73. The van der Waals surface area contributed by atoms with E-state index in [0.717, 1.165) is 10.8 Å². The van der Waals surface area contributed by atoms with E-state index in [2.05, 4.69) is 0 Å². The summed E-state index contributed by atoms with van der Waals surface area (Å²) in [6.45, 7) is -0.379. The smallest absolute Gasteiger partial charge is 0.330 e. The number of aromatic amines is 1. The molecule has 0 amide bonds. The van der Waals surface area contributed by atoms with Gasteiger partial charge < -0.3 is 14.9 Å². The molecule has 0 aliphatic carbocycles. The third-order valence-corrected chi connectivity index (χ3v) is 2.82. The Morgan fingerprint density at radius 1 is 1.56 bits per heavy atom. The van der Waals surface area contributed by atoms with Crippen LogP contribution in [0.25, 0.3) is 0 Å². The molecule has 8 heteroatoms. The number of carbonyl (C=O) groups is 1. The van der Waals surface area contributed by atoms with Crippen molar-refractivity contribution in [2.24, 2.45) is 0 Å². The molecule has 3 N–H and O–H groups in total. The topological polar surface area (TPSA) is 122 Å². The molecule has 2 rings (SSSR count). The maximum absolute atomic E-state index is 11.6. The van der Waals surface area contributed by atoms with Crippen LogP contribution in [-0.2, 0) is 4.74 Å². The van der Waals surface area contributed by atoms with Crippen molar-refractivity contribution in [3.8, 4) is 0 Å². The van der Waals surface area contributed by atoms with E-state index < -0.39 is 29.7 Å². The number of hydrogen-bond acceptors (Lipinski definition) is 6. The molecule has 3 atom stereocenters. The van der Waals surface area contributed by atoms with Crippen molar-refractivity contribution >= 4 is 6.29 Å². The number of rotatable bonds is 3. The summed E-state index contributed by atoms with van der Waals surface area (Å²) in [4.78, 5) is 35.4. The molecule has 1 aliphatic rings. The van der Waals surface area contributed by atoms with Crippen molar-refractivity contribution in [2.45, 2.75) is 24.9 Å². The zero-order valence-electron chi connectivity index (χ0n) is 9.28. The molecule has 1 unspecified atom stereocenters. The highest BCUT2D eigenvalue weighted by atomic mass is 16.5. The number of carbonyl (C=O) groups excluding carboxylic acids is 1. The summed E-state index contributed by atoms with van der Waals surface area (Å²) in [5.41, 5.74) is -1.72. The summed E-state index contributed by atoms with van der Waals surface area (Å²) >= 11 is 0. The van der Waals surface area contributed by atoms with E-state index in [4.69, 9.17) is 9.84 Å². The first-order chi connectivity index (χ1) is 8.56. The molecule has 0 radical (unpaired) electrons. The Labute approximate surface area is 100 Å². The summed E-state index contributed by atoms with van der Waals surface area (Å²) < 4.78 is 6.27. The average Bonchev–Trinajstić information content (AvgIpc) is 2.70. The molecule has 2 heterocycles. The quantitative estimate of drug-likeness (QED) is 0.537. The largest absolute Gasteiger partial charge is 0.394 e. The minimum absolute atomic E-state index is 0.0927. The van der Waals surface area contributed by atoms with Gasteiger partial charge in [0.15, 0.2) is 6.29 Å². The molecule has 98 valence electrons. The number of aldehydes is 1. The van der Waals surface area contributed by atoms with Crippen LogP contribution in [-0.4, -0.2) is 44.9 Å². The number of aromatic nitrogens is 2. The fourth-order valence-electron chi connectivity index (χ4n) is 1.85. The molecule has 8 nitrogen and oxygen atoms in total. The van der Waals surface area contributed by atoms with Crippen LogP contribution in [0.5, 0.6) is 0 Å². The molecule has 1 saturated heterocycles. The minimum Gasteiger partial charge on any atom is -0.394 e. The van der Waals surface area contributed by atoms with Gasteiger partial charge in [-0.2, -0.15) is 0 Å². The molecule has 1 fully saturated rings. The van der Waals surface area contributed by atoms with Crippen LogP contribution in [0.3, 0.4) is 0 Å². The molecule has 1 aromatic heterocycles. The van der Waals surface area contributed by atoms with Crippen molar-refractivity contribution in [3.63, 3.8) is 0 Å². The van der Waals surface area contributed by atoms with Gasteiger partial charge in [0.2, 0.25) is 0 Å². The van der Waals surface area contributed by atoms with Crippen LogP contribution in [0.1, 0.15) is 23.0 Å². The van der Waals surface area contributed by atoms with Gasteiger partial charge in [-0.3, -0.25) is 19.1 Å². The SMILES string of the molecule is O=Cc1cn([C@@H]2CC(O)[C@H](CO)O2)c(=O)[nH]c1=O. The monoisotopic (exact) mass is 256 g/mol. The summed E-state index contributed by atoms with van der Waals surface area (Å²) in [6.07, 6.45) is -1.02. The highest BCUT2D eigenvalue weighted by Crippen LogP contribution is 2.27. The van der Waals surface area contributed by atoms with Gasteiger partial charge in [0.05, 0.1) is 18.3 Å². The van der Waals surface area contributed by atoms with E-state index in [1.807, 2.05) is 4.98 Å². The Hall–Kier alpha value is -1.77. The van der Waals surface area contributed by atoms with E-state index in [0.29, 0.717) is 6.29 Å². The fourth-order valence-corrected chi connectivity index (χ4v) is 1.85. The van der Waals surface area contributed by atoms with Crippen LogP contribution in [0, 0.1) is 0 Å². The first-order valence-corrected chi connectivity index (χ1v) is 5.32. The van der Waals surface area contributed by atoms with Gasteiger partial charge >= 0.3 is 5.69 Å². The molecule has 0 spiro atoms. The minimum atomic E-state index is -0.904. The molecule has 0 saturated carbocycles. The lowest BCUT2D eigenvalue weighted by Gasteiger charge is -2.14. The van der Waals surface area contributed by atoms with E-state index in [1.165, 1.54) is 0 Å². The second-order valence-electron chi connectivity index (χ2n) is 3.98. The van der Waals surface area contributed by atoms with Crippen molar-refractivity contribution in [1.82, 2.24) is 9.55 Å². The lowest BCUT2D eigenvalue weighted by Crippen LogP contribution is -2.34. The van der Waals surface area contributed by atoms with E-state index in [1.54, 1.807) is 0 Å².